The Hall–Kier alpha value is -3.36. The third-order valence-corrected chi connectivity index (χ3v) is 4.67. The first-order valence-corrected chi connectivity index (χ1v) is 8.87. The number of halogens is 2. The quantitative estimate of drug-likeness (QED) is 0.626. The molecule has 1 saturated heterocycles. The largest absolute Gasteiger partial charge is 0.434 e. The highest BCUT2D eigenvalue weighted by atomic mass is 19.3. The second-order valence-corrected chi connectivity index (χ2v) is 6.52. The number of imidazole rings is 1. The summed E-state index contributed by atoms with van der Waals surface area (Å²) >= 11 is 0. The minimum Gasteiger partial charge on any atom is -0.434 e. The number of hydrogen-bond acceptors (Lipinski definition) is 4. The topological polar surface area (TPSA) is 90.2 Å². The van der Waals surface area contributed by atoms with Crippen molar-refractivity contribution in [2.45, 2.75) is 19.5 Å². The van der Waals surface area contributed by atoms with Crippen molar-refractivity contribution in [1.29, 1.82) is 0 Å². The van der Waals surface area contributed by atoms with E-state index in [1.807, 2.05) is 0 Å². The molecule has 2 heterocycles. The van der Waals surface area contributed by atoms with Crippen LogP contribution in [-0.2, 0) is 0 Å². The van der Waals surface area contributed by atoms with E-state index < -0.39 is 12.5 Å². The fourth-order valence-corrected chi connectivity index (χ4v) is 3.43. The molecule has 3 aromatic rings. The number of carbonyl (C=O) groups excluding carboxylic acids is 1. The molecular weight excluding hydrogens is 370 g/mol. The summed E-state index contributed by atoms with van der Waals surface area (Å²) in [4.78, 5) is 31.9. The molecule has 0 bridgehead atoms. The number of fused-ring (bicyclic) bond motifs is 1. The van der Waals surface area contributed by atoms with Gasteiger partial charge in [0.1, 0.15) is 5.75 Å². The van der Waals surface area contributed by atoms with Crippen LogP contribution >= 0.6 is 0 Å². The van der Waals surface area contributed by atoms with Gasteiger partial charge in [0.2, 0.25) is 0 Å². The van der Waals surface area contributed by atoms with Crippen LogP contribution in [0.1, 0.15) is 23.2 Å². The van der Waals surface area contributed by atoms with Gasteiger partial charge in [-0.25, -0.2) is 4.79 Å². The first kappa shape index (κ1) is 18.0. The lowest BCUT2D eigenvalue weighted by Crippen LogP contribution is -2.21. The second-order valence-electron chi connectivity index (χ2n) is 6.52. The molecular formula is C19H18F2N4O3. The summed E-state index contributed by atoms with van der Waals surface area (Å²) in [5, 5.41) is 2.78. The molecule has 0 radical (unpaired) electrons. The summed E-state index contributed by atoms with van der Waals surface area (Å²) in [5.41, 5.74) is 2.08. The molecule has 28 heavy (non-hydrogen) atoms. The average Bonchev–Trinajstić information content (AvgIpc) is 3.29. The van der Waals surface area contributed by atoms with Crippen molar-refractivity contribution in [3.05, 3.63) is 52.4 Å². The summed E-state index contributed by atoms with van der Waals surface area (Å²) in [6, 6.07) is 9.28. The Kier molecular flexibility index (Phi) is 4.72. The van der Waals surface area contributed by atoms with Crippen LogP contribution in [0.5, 0.6) is 5.75 Å². The Morgan fingerprint density at radius 2 is 1.79 bits per heavy atom. The number of hydrogen-bond donors (Lipinski definition) is 3. The molecule has 146 valence electrons. The number of aromatic nitrogens is 2. The van der Waals surface area contributed by atoms with Gasteiger partial charge in [0.15, 0.2) is 0 Å². The van der Waals surface area contributed by atoms with E-state index in [-0.39, 0.29) is 17.0 Å². The molecule has 1 aliphatic rings. The van der Waals surface area contributed by atoms with Crippen LogP contribution in [0.15, 0.2) is 41.2 Å². The Bertz CT molecular complexity index is 1070. The van der Waals surface area contributed by atoms with Gasteiger partial charge in [0.05, 0.1) is 28.0 Å². The highest BCUT2D eigenvalue weighted by molar-refractivity contribution is 6.08. The lowest BCUT2D eigenvalue weighted by atomic mass is 10.1. The van der Waals surface area contributed by atoms with Crippen LogP contribution in [0.25, 0.3) is 11.0 Å². The number of H-pyrrole nitrogens is 2. The fourth-order valence-electron chi connectivity index (χ4n) is 3.43. The van der Waals surface area contributed by atoms with Gasteiger partial charge in [-0.05, 0) is 37.1 Å². The van der Waals surface area contributed by atoms with Gasteiger partial charge in [0, 0.05) is 13.1 Å². The van der Waals surface area contributed by atoms with E-state index in [1.54, 1.807) is 18.2 Å². The van der Waals surface area contributed by atoms with Crippen LogP contribution in [0.4, 0.5) is 20.2 Å². The maximum Gasteiger partial charge on any atom is 0.387 e. The Labute approximate surface area is 158 Å². The summed E-state index contributed by atoms with van der Waals surface area (Å²) in [7, 11) is 0. The normalized spacial score (nSPS) is 14.0. The molecule has 3 N–H and O–H groups in total. The van der Waals surface area contributed by atoms with E-state index in [0.717, 1.165) is 31.6 Å². The van der Waals surface area contributed by atoms with E-state index >= 15 is 0 Å². The standard InChI is InChI=1S/C19H18F2N4O3/c20-18(21)28-16-6-2-1-5-11(16)17(26)22-14-9-12-13(24-19(27)23-12)10-15(14)25-7-3-4-8-25/h1-2,5-6,9-10,18H,3-4,7-8H2,(H,22,26)(H2,23,24,27). The zero-order valence-electron chi connectivity index (χ0n) is 14.8. The number of aromatic amines is 2. The van der Waals surface area contributed by atoms with Crippen molar-refractivity contribution in [3.63, 3.8) is 0 Å². The fraction of sp³-hybridized carbons (Fsp3) is 0.263. The number of alkyl halides is 2. The van der Waals surface area contributed by atoms with Crippen molar-refractivity contribution in [2.24, 2.45) is 0 Å². The molecule has 0 aliphatic carbocycles. The van der Waals surface area contributed by atoms with E-state index in [9.17, 15) is 18.4 Å². The highest BCUT2D eigenvalue weighted by Gasteiger charge is 2.21. The van der Waals surface area contributed by atoms with Gasteiger partial charge in [-0.3, -0.25) is 4.79 Å². The SMILES string of the molecule is O=C(Nc1cc2[nH]c(=O)[nH]c2cc1N1CCCC1)c1ccccc1OC(F)F. The first-order chi connectivity index (χ1) is 13.5. The first-order valence-electron chi connectivity index (χ1n) is 8.87. The molecule has 4 rings (SSSR count). The lowest BCUT2D eigenvalue weighted by Gasteiger charge is -2.22. The third kappa shape index (κ3) is 3.55. The molecule has 0 atom stereocenters. The van der Waals surface area contributed by atoms with Crippen molar-refractivity contribution in [2.75, 3.05) is 23.3 Å². The summed E-state index contributed by atoms with van der Waals surface area (Å²) in [5.74, 6) is -0.775. The minimum absolute atomic E-state index is 0.00201. The lowest BCUT2D eigenvalue weighted by molar-refractivity contribution is -0.0501. The van der Waals surface area contributed by atoms with E-state index in [2.05, 4.69) is 24.9 Å². The Balaban J connectivity index is 1.71. The van der Waals surface area contributed by atoms with E-state index in [0.29, 0.717) is 16.7 Å². The van der Waals surface area contributed by atoms with Gasteiger partial charge < -0.3 is 24.9 Å². The summed E-state index contributed by atoms with van der Waals surface area (Å²) in [6.07, 6.45) is 2.06. The molecule has 2 aromatic carbocycles. The van der Waals surface area contributed by atoms with Gasteiger partial charge in [0.25, 0.3) is 5.91 Å². The van der Waals surface area contributed by atoms with Crippen molar-refractivity contribution < 1.29 is 18.3 Å². The number of nitrogens with zero attached hydrogens (tertiary/aromatic N) is 1. The molecule has 0 unspecified atom stereocenters. The van der Waals surface area contributed by atoms with Gasteiger partial charge in [-0.15, -0.1) is 0 Å². The van der Waals surface area contributed by atoms with Crippen LogP contribution in [0.3, 0.4) is 0 Å². The number of rotatable bonds is 5. The zero-order chi connectivity index (χ0) is 19.7. The zero-order valence-corrected chi connectivity index (χ0v) is 14.8. The average molecular weight is 388 g/mol. The van der Waals surface area contributed by atoms with Crippen LogP contribution in [0, 0.1) is 0 Å². The number of amides is 1. The van der Waals surface area contributed by atoms with Crippen molar-refractivity contribution in [3.8, 4) is 5.75 Å². The number of nitrogens with one attached hydrogen (secondary N) is 3. The summed E-state index contributed by atoms with van der Waals surface area (Å²) in [6.45, 7) is -1.38. The Morgan fingerprint density at radius 3 is 2.50 bits per heavy atom. The molecule has 1 fully saturated rings. The van der Waals surface area contributed by atoms with Crippen molar-refractivity contribution >= 4 is 28.3 Å². The Morgan fingerprint density at radius 1 is 1.11 bits per heavy atom. The maximum atomic E-state index is 12.8. The molecule has 1 aromatic heterocycles. The van der Waals surface area contributed by atoms with Crippen LogP contribution in [0.2, 0.25) is 0 Å². The smallest absolute Gasteiger partial charge is 0.387 e. The predicted octanol–water partition coefficient (Wildman–Crippen LogP) is 3.31. The van der Waals surface area contributed by atoms with Gasteiger partial charge in [-0.2, -0.15) is 8.78 Å². The van der Waals surface area contributed by atoms with Crippen molar-refractivity contribution in [1.82, 2.24) is 9.97 Å². The second kappa shape index (κ2) is 7.34. The van der Waals surface area contributed by atoms with Crippen LogP contribution in [-0.4, -0.2) is 35.6 Å². The highest BCUT2D eigenvalue weighted by Crippen LogP contribution is 2.33. The number of ether oxygens (including phenoxy) is 1. The monoisotopic (exact) mass is 388 g/mol. The van der Waals surface area contributed by atoms with E-state index in [4.69, 9.17) is 0 Å². The molecule has 9 heteroatoms. The van der Waals surface area contributed by atoms with E-state index in [1.165, 1.54) is 18.2 Å². The van der Waals surface area contributed by atoms with Crippen LogP contribution < -0.4 is 20.6 Å². The number of para-hydroxylation sites is 1. The van der Waals surface area contributed by atoms with Gasteiger partial charge in [-0.1, -0.05) is 12.1 Å². The molecule has 7 nitrogen and oxygen atoms in total. The van der Waals surface area contributed by atoms with Gasteiger partial charge >= 0.3 is 12.3 Å². The number of anilines is 2. The summed E-state index contributed by atoms with van der Waals surface area (Å²) < 4.78 is 29.7. The molecule has 0 saturated carbocycles. The molecule has 1 aliphatic heterocycles. The molecule has 1 amide bonds. The molecule has 0 spiro atoms. The minimum atomic E-state index is -3.03. The number of benzene rings is 2. The number of carbonyl (C=O) groups is 1. The maximum absolute atomic E-state index is 12.8. The predicted molar refractivity (Wildman–Crippen MR) is 101 cm³/mol. The third-order valence-electron chi connectivity index (χ3n) is 4.67.